The van der Waals surface area contributed by atoms with Crippen molar-refractivity contribution < 1.29 is 4.39 Å². The molecule has 1 aromatic carbocycles. The van der Waals surface area contributed by atoms with Crippen LogP contribution in [0.4, 0.5) is 4.39 Å². The Bertz CT molecular complexity index is 735. The molecule has 0 atom stereocenters. The fraction of sp³-hybridized carbons (Fsp3) is 0.231. The van der Waals surface area contributed by atoms with Crippen LogP contribution in [0.2, 0.25) is 0 Å². The van der Waals surface area contributed by atoms with E-state index < -0.39 is 0 Å². The zero-order valence-electron chi connectivity index (χ0n) is 10.2. The van der Waals surface area contributed by atoms with Crippen LogP contribution >= 0.6 is 22.9 Å². The van der Waals surface area contributed by atoms with Crippen LogP contribution in [0.25, 0.3) is 11.0 Å². The maximum absolute atomic E-state index is 13.7. The van der Waals surface area contributed by atoms with E-state index in [1.807, 2.05) is 23.8 Å². The molecule has 0 aliphatic rings. The number of hydrogen-bond donors (Lipinski definition) is 0. The smallest absolute Gasteiger partial charge is 0.151 e. The molecule has 3 nitrogen and oxygen atoms in total. The van der Waals surface area contributed by atoms with Crippen molar-refractivity contribution in [1.82, 2.24) is 14.5 Å². The zero-order chi connectivity index (χ0) is 13.4. The number of hydrogen-bond acceptors (Lipinski definition) is 3. The number of benzene rings is 1. The van der Waals surface area contributed by atoms with E-state index in [1.165, 1.54) is 6.07 Å². The van der Waals surface area contributed by atoms with Gasteiger partial charge in [-0.15, -0.1) is 22.9 Å². The number of aryl methyl sites for hydroxylation is 1. The van der Waals surface area contributed by atoms with Gasteiger partial charge in [0.05, 0.1) is 22.9 Å². The van der Waals surface area contributed by atoms with Crippen LogP contribution in [0.5, 0.6) is 0 Å². The normalized spacial score (nSPS) is 11.3. The third kappa shape index (κ3) is 2.24. The van der Waals surface area contributed by atoms with Crippen molar-refractivity contribution in [1.29, 1.82) is 0 Å². The molecule has 0 saturated carbocycles. The number of thiazole rings is 1. The lowest BCUT2D eigenvalue weighted by Gasteiger charge is -2.05. The summed E-state index contributed by atoms with van der Waals surface area (Å²) in [5.74, 6) is 0.613. The molecule has 0 aliphatic heterocycles. The minimum absolute atomic E-state index is 0.256. The molecule has 2 heterocycles. The van der Waals surface area contributed by atoms with Crippen LogP contribution in [0.3, 0.4) is 0 Å². The Kier molecular flexibility index (Phi) is 3.24. The van der Waals surface area contributed by atoms with E-state index >= 15 is 0 Å². The van der Waals surface area contributed by atoms with E-state index in [4.69, 9.17) is 11.6 Å². The number of para-hydroxylation sites is 1. The predicted octanol–water partition coefficient (Wildman–Crippen LogP) is 3.73. The van der Waals surface area contributed by atoms with Crippen molar-refractivity contribution in [2.45, 2.75) is 19.3 Å². The molecule has 0 aliphatic carbocycles. The summed E-state index contributed by atoms with van der Waals surface area (Å²) >= 11 is 7.53. The Labute approximate surface area is 118 Å². The number of aromatic nitrogens is 3. The van der Waals surface area contributed by atoms with Crippen LogP contribution in [-0.2, 0) is 12.4 Å². The Morgan fingerprint density at radius 1 is 1.42 bits per heavy atom. The van der Waals surface area contributed by atoms with Gasteiger partial charge in [0, 0.05) is 11.1 Å². The maximum atomic E-state index is 13.7. The number of rotatable bonds is 3. The SMILES string of the molecule is Cc1ncc(Cn2c(CCl)nc3c(F)cccc32)s1. The molecule has 98 valence electrons. The topological polar surface area (TPSA) is 30.7 Å². The summed E-state index contributed by atoms with van der Waals surface area (Å²) in [5, 5.41) is 1.01. The van der Waals surface area contributed by atoms with E-state index in [1.54, 1.807) is 17.4 Å². The lowest BCUT2D eigenvalue weighted by atomic mass is 10.3. The van der Waals surface area contributed by atoms with Gasteiger partial charge in [0.1, 0.15) is 11.3 Å². The molecule has 0 unspecified atom stereocenters. The average molecular weight is 296 g/mol. The van der Waals surface area contributed by atoms with Gasteiger partial charge in [0.15, 0.2) is 5.82 Å². The molecular formula is C13H11ClFN3S. The highest BCUT2D eigenvalue weighted by Gasteiger charge is 2.13. The summed E-state index contributed by atoms with van der Waals surface area (Å²) in [5.41, 5.74) is 1.14. The molecule has 0 bridgehead atoms. The fourth-order valence-electron chi connectivity index (χ4n) is 2.07. The second kappa shape index (κ2) is 4.90. The van der Waals surface area contributed by atoms with E-state index in [2.05, 4.69) is 9.97 Å². The third-order valence-corrected chi connectivity index (χ3v) is 4.05. The third-order valence-electron chi connectivity index (χ3n) is 2.91. The monoisotopic (exact) mass is 295 g/mol. The van der Waals surface area contributed by atoms with Crippen molar-refractivity contribution in [2.24, 2.45) is 0 Å². The van der Waals surface area contributed by atoms with Gasteiger partial charge in [-0.25, -0.2) is 14.4 Å². The summed E-state index contributed by atoms with van der Waals surface area (Å²) in [4.78, 5) is 9.61. The van der Waals surface area contributed by atoms with Crippen molar-refractivity contribution >= 4 is 34.0 Å². The fourth-order valence-corrected chi connectivity index (χ4v) is 3.06. The molecule has 0 amide bonds. The number of imidazole rings is 1. The first kappa shape index (κ1) is 12.6. The molecule has 0 spiro atoms. The van der Waals surface area contributed by atoms with Crippen molar-refractivity contribution in [3.8, 4) is 0 Å². The molecule has 3 aromatic rings. The largest absolute Gasteiger partial charge is 0.321 e. The molecule has 3 rings (SSSR count). The van der Waals surface area contributed by atoms with Crippen molar-refractivity contribution in [3.63, 3.8) is 0 Å². The van der Waals surface area contributed by atoms with Gasteiger partial charge in [0.2, 0.25) is 0 Å². The van der Waals surface area contributed by atoms with Crippen LogP contribution < -0.4 is 0 Å². The first-order chi connectivity index (χ1) is 9.19. The molecule has 0 fully saturated rings. The lowest BCUT2D eigenvalue weighted by Crippen LogP contribution is -2.02. The van der Waals surface area contributed by atoms with Crippen LogP contribution in [-0.4, -0.2) is 14.5 Å². The average Bonchev–Trinajstić information content (AvgIpc) is 2.96. The van der Waals surface area contributed by atoms with Gasteiger partial charge in [-0.2, -0.15) is 0 Å². The minimum Gasteiger partial charge on any atom is -0.321 e. The molecular weight excluding hydrogens is 285 g/mol. The highest BCUT2D eigenvalue weighted by atomic mass is 35.5. The molecule has 2 aromatic heterocycles. The zero-order valence-corrected chi connectivity index (χ0v) is 11.8. The minimum atomic E-state index is -0.317. The van der Waals surface area contributed by atoms with E-state index in [0.717, 1.165) is 15.4 Å². The molecule has 19 heavy (non-hydrogen) atoms. The Morgan fingerprint density at radius 2 is 2.26 bits per heavy atom. The van der Waals surface area contributed by atoms with Crippen LogP contribution in [0.1, 0.15) is 15.7 Å². The molecule has 0 saturated heterocycles. The predicted molar refractivity (Wildman–Crippen MR) is 75.2 cm³/mol. The van der Waals surface area contributed by atoms with Gasteiger partial charge in [0.25, 0.3) is 0 Å². The summed E-state index contributed by atoms with van der Waals surface area (Å²) in [6.45, 7) is 2.58. The lowest BCUT2D eigenvalue weighted by molar-refractivity contribution is 0.637. The highest BCUT2D eigenvalue weighted by molar-refractivity contribution is 7.11. The number of alkyl halides is 1. The summed E-state index contributed by atoms with van der Waals surface area (Å²) in [6.07, 6.45) is 1.84. The number of nitrogens with zero attached hydrogens (tertiary/aromatic N) is 3. The van der Waals surface area contributed by atoms with Gasteiger partial charge >= 0.3 is 0 Å². The first-order valence-corrected chi connectivity index (χ1v) is 7.15. The summed E-state index contributed by atoms with van der Waals surface area (Å²) in [7, 11) is 0. The Hall–Kier alpha value is -1.46. The second-order valence-corrected chi connectivity index (χ2v) is 5.79. The second-order valence-electron chi connectivity index (χ2n) is 4.20. The van der Waals surface area contributed by atoms with E-state index in [0.29, 0.717) is 17.9 Å². The molecule has 0 radical (unpaired) electrons. The number of fused-ring (bicyclic) bond motifs is 1. The van der Waals surface area contributed by atoms with Gasteiger partial charge in [-0.05, 0) is 19.1 Å². The maximum Gasteiger partial charge on any atom is 0.151 e. The quantitative estimate of drug-likeness (QED) is 0.689. The standard InChI is InChI=1S/C13H11ClFN3S/c1-8-16-6-9(19-8)7-18-11-4-2-3-10(15)13(11)17-12(18)5-14/h2-4,6H,5,7H2,1H3. The molecule has 0 N–H and O–H groups in total. The Balaban J connectivity index is 2.13. The summed E-state index contributed by atoms with van der Waals surface area (Å²) < 4.78 is 15.7. The van der Waals surface area contributed by atoms with Crippen LogP contribution in [0.15, 0.2) is 24.4 Å². The van der Waals surface area contributed by atoms with Gasteiger partial charge < -0.3 is 4.57 Å². The van der Waals surface area contributed by atoms with Gasteiger partial charge in [-0.1, -0.05) is 6.07 Å². The highest BCUT2D eigenvalue weighted by Crippen LogP contribution is 2.23. The van der Waals surface area contributed by atoms with Crippen molar-refractivity contribution in [2.75, 3.05) is 0 Å². The Morgan fingerprint density at radius 3 is 2.95 bits per heavy atom. The van der Waals surface area contributed by atoms with E-state index in [9.17, 15) is 4.39 Å². The van der Waals surface area contributed by atoms with Crippen LogP contribution in [0, 0.1) is 12.7 Å². The summed E-state index contributed by atoms with van der Waals surface area (Å²) in [6, 6.07) is 4.95. The van der Waals surface area contributed by atoms with Crippen molar-refractivity contribution in [3.05, 3.63) is 45.9 Å². The molecule has 6 heteroatoms. The first-order valence-electron chi connectivity index (χ1n) is 5.80. The number of halogens is 2. The van der Waals surface area contributed by atoms with Gasteiger partial charge in [-0.3, -0.25) is 0 Å². The van der Waals surface area contributed by atoms with E-state index in [-0.39, 0.29) is 11.7 Å².